The van der Waals surface area contributed by atoms with Crippen LogP contribution < -0.4 is 5.32 Å². The molecule has 0 bridgehead atoms. The second kappa shape index (κ2) is 3.65. The van der Waals surface area contributed by atoms with Gasteiger partial charge in [-0.15, -0.1) is 11.3 Å². The molecule has 1 unspecified atom stereocenters. The molecule has 1 aliphatic heterocycles. The van der Waals surface area contributed by atoms with Gasteiger partial charge in [0, 0.05) is 15.0 Å². The Kier molecular flexibility index (Phi) is 2.29. The maximum absolute atomic E-state index is 3.59. The average Bonchev–Trinajstić information content (AvgIpc) is 2.82. The van der Waals surface area contributed by atoms with Crippen LogP contribution in [0.1, 0.15) is 16.5 Å². The van der Waals surface area contributed by atoms with Crippen molar-refractivity contribution in [3.8, 4) is 0 Å². The molecule has 0 spiro atoms. The number of para-hydroxylation sites is 1. The third-order valence-corrected chi connectivity index (χ3v) is 4.72. The fraction of sp³-hybridized carbons (Fsp3) is 0.167. The average molecular weight is 280 g/mol. The van der Waals surface area contributed by atoms with Crippen LogP contribution in [-0.2, 0) is 6.42 Å². The summed E-state index contributed by atoms with van der Waals surface area (Å²) < 4.78 is 1.22. The second-order valence-corrected chi connectivity index (χ2v) is 5.49. The van der Waals surface area contributed by atoms with Crippen molar-refractivity contribution >= 4 is 33.0 Å². The van der Waals surface area contributed by atoms with Gasteiger partial charge in [0.05, 0.1) is 6.04 Å². The topological polar surface area (TPSA) is 12.0 Å². The first-order valence-electron chi connectivity index (χ1n) is 4.92. The molecule has 0 saturated carbocycles. The second-order valence-electron chi connectivity index (χ2n) is 3.69. The van der Waals surface area contributed by atoms with E-state index < -0.39 is 0 Å². The van der Waals surface area contributed by atoms with Crippen LogP contribution in [0.25, 0.3) is 0 Å². The minimum atomic E-state index is 0.441. The molecule has 1 aromatic heterocycles. The molecule has 0 fully saturated rings. The van der Waals surface area contributed by atoms with Crippen molar-refractivity contribution in [2.75, 3.05) is 5.32 Å². The van der Waals surface area contributed by atoms with Crippen molar-refractivity contribution in [3.05, 3.63) is 50.6 Å². The largest absolute Gasteiger partial charge is 0.377 e. The van der Waals surface area contributed by atoms with Crippen molar-refractivity contribution in [1.29, 1.82) is 0 Å². The van der Waals surface area contributed by atoms with Gasteiger partial charge in [-0.05, 0) is 45.4 Å². The van der Waals surface area contributed by atoms with Gasteiger partial charge in [-0.3, -0.25) is 0 Å². The lowest BCUT2D eigenvalue weighted by Gasteiger charge is -2.09. The van der Waals surface area contributed by atoms with Crippen LogP contribution >= 0.6 is 27.3 Å². The summed E-state index contributed by atoms with van der Waals surface area (Å²) in [5, 5.41) is 5.69. The van der Waals surface area contributed by atoms with Gasteiger partial charge in [-0.1, -0.05) is 18.2 Å². The van der Waals surface area contributed by atoms with Crippen LogP contribution in [0.2, 0.25) is 0 Å². The molecular formula is C12H10BrNS. The first-order valence-corrected chi connectivity index (χ1v) is 6.59. The molecule has 76 valence electrons. The summed E-state index contributed by atoms with van der Waals surface area (Å²) >= 11 is 5.40. The molecule has 1 N–H and O–H groups in total. The number of hydrogen-bond donors (Lipinski definition) is 1. The van der Waals surface area contributed by atoms with Gasteiger partial charge >= 0.3 is 0 Å². The number of hydrogen-bond acceptors (Lipinski definition) is 2. The monoisotopic (exact) mass is 279 g/mol. The lowest BCUT2D eigenvalue weighted by molar-refractivity contribution is 0.839. The van der Waals surface area contributed by atoms with Crippen LogP contribution in [0.4, 0.5) is 5.69 Å². The van der Waals surface area contributed by atoms with E-state index in [9.17, 15) is 0 Å². The third kappa shape index (κ3) is 1.60. The van der Waals surface area contributed by atoms with Gasteiger partial charge in [0.15, 0.2) is 0 Å². The molecule has 2 aromatic rings. The van der Waals surface area contributed by atoms with Gasteiger partial charge in [0.25, 0.3) is 0 Å². The van der Waals surface area contributed by atoms with E-state index in [-0.39, 0.29) is 0 Å². The Morgan fingerprint density at radius 2 is 2.13 bits per heavy atom. The Balaban J connectivity index is 1.94. The Hall–Kier alpha value is -0.800. The van der Waals surface area contributed by atoms with Crippen LogP contribution in [0.15, 0.2) is 40.2 Å². The summed E-state index contributed by atoms with van der Waals surface area (Å²) in [6, 6.07) is 11.1. The molecule has 0 aliphatic carbocycles. The van der Waals surface area contributed by atoms with Gasteiger partial charge in [-0.25, -0.2) is 0 Å². The third-order valence-electron chi connectivity index (χ3n) is 2.73. The van der Waals surface area contributed by atoms with E-state index in [0.29, 0.717) is 6.04 Å². The van der Waals surface area contributed by atoms with Crippen LogP contribution in [0, 0.1) is 0 Å². The molecule has 1 aromatic carbocycles. The molecular weight excluding hydrogens is 270 g/mol. The zero-order valence-corrected chi connectivity index (χ0v) is 10.4. The van der Waals surface area contributed by atoms with E-state index in [1.165, 1.54) is 20.6 Å². The number of nitrogens with one attached hydrogen (secondary N) is 1. The molecule has 3 rings (SSSR count). The lowest BCUT2D eigenvalue weighted by atomic mass is 10.1. The molecule has 0 radical (unpaired) electrons. The molecule has 3 heteroatoms. The van der Waals surface area contributed by atoms with Crippen LogP contribution in [0.3, 0.4) is 0 Å². The van der Waals surface area contributed by atoms with Gasteiger partial charge in [-0.2, -0.15) is 0 Å². The maximum Gasteiger partial charge on any atom is 0.0659 e. The molecule has 0 amide bonds. The summed E-state index contributed by atoms with van der Waals surface area (Å²) in [6.07, 6.45) is 1.09. The highest BCUT2D eigenvalue weighted by Gasteiger charge is 2.23. The lowest BCUT2D eigenvalue weighted by Crippen LogP contribution is -2.03. The Morgan fingerprint density at radius 1 is 1.27 bits per heavy atom. The zero-order valence-electron chi connectivity index (χ0n) is 8.03. The van der Waals surface area contributed by atoms with E-state index in [1.54, 1.807) is 0 Å². The SMILES string of the molecule is Brc1ccsc1C1Cc2ccccc2N1. The Morgan fingerprint density at radius 3 is 2.87 bits per heavy atom. The van der Waals surface area contributed by atoms with E-state index >= 15 is 0 Å². The van der Waals surface area contributed by atoms with Crippen molar-refractivity contribution in [3.63, 3.8) is 0 Å². The van der Waals surface area contributed by atoms with Crippen molar-refractivity contribution in [2.45, 2.75) is 12.5 Å². The fourth-order valence-electron chi connectivity index (χ4n) is 2.01. The molecule has 0 saturated heterocycles. The maximum atomic E-state index is 3.59. The summed E-state index contributed by atoms with van der Waals surface area (Å²) in [5.41, 5.74) is 2.70. The van der Waals surface area contributed by atoms with E-state index in [1.807, 2.05) is 11.3 Å². The smallest absolute Gasteiger partial charge is 0.0659 e. The quantitative estimate of drug-likeness (QED) is 0.824. The fourth-order valence-corrected chi connectivity index (χ4v) is 3.71. The van der Waals surface area contributed by atoms with Crippen molar-refractivity contribution in [2.24, 2.45) is 0 Å². The standard InChI is InChI=1S/C12H10BrNS/c13-9-5-6-15-12(9)11-7-8-3-1-2-4-10(8)14-11/h1-6,11,14H,7H2. The summed E-state index contributed by atoms with van der Waals surface area (Å²) in [6.45, 7) is 0. The first-order chi connectivity index (χ1) is 7.34. The highest BCUT2D eigenvalue weighted by Crippen LogP contribution is 2.39. The number of thiophene rings is 1. The Bertz CT molecular complexity index is 467. The van der Waals surface area contributed by atoms with E-state index in [2.05, 4.69) is 57.0 Å². The van der Waals surface area contributed by atoms with Crippen LogP contribution in [0.5, 0.6) is 0 Å². The molecule has 1 nitrogen and oxygen atoms in total. The molecule has 1 aliphatic rings. The van der Waals surface area contributed by atoms with Gasteiger partial charge in [0.1, 0.15) is 0 Å². The number of rotatable bonds is 1. The Labute approximate surface area is 101 Å². The van der Waals surface area contributed by atoms with Crippen molar-refractivity contribution < 1.29 is 0 Å². The molecule has 2 heterocycles. The minimum Gasteiger partial charge on any atom is -0.377 e. The van der Waals surface area contributed by atoms with Crippen molar-refractivity contribution in [1.82, 2.24) is 0 Å². The summed E-state index contributed by atoms with van der Waals surface area (Å²) in [5.74, 6) is 0. The van der Waals surface area contributed by atoms with Gasteiger partial charge in [0.2, 0.25) is 0 Å². The number of halogens is 1. The molecule has 1 atom stereocenters. The van der Waals surface area contributed by atoms with Gasteiger partial charge < -0.3 is 5.32 Å². The van der Waals surface area contributed by atoms with E-state index in [0.717, 1.165) is 6.42 Å². The first kappa shape index (κ1) is 9.43. The highest BCUT2D eigenvalue weighted by atomic mass is 79.9. The number of fused-ring (bicyclic) bond motifs is 1. The predicted molar refractivity (Wildman–Crippen MR) is 68.5 cm³/mol. The number of benzene rings is 1. The summed E-state index contributed by atoms with van der Waals surface area (Å²) in [4.78, 5) is 1.39. The summed E-state index contributed by atoms with van der Waals surface area (Å²) in [7, 11) is 0. The minimum absolute atomic E-state index is 0.441. The highest BCUT2D eigenvalue weighted by molar-refractivity contribution is 9.10. The van der Waals surface area contributed by atoms with Crippen LogP contribution in [-0.4, -0.2) is 0 Å². The zero-order chi connectivity index (χ0) is 10.3. The van der Waals surface area contributed by atoms with E-state index in [4.69, 9.17) is 0 Å². The molecule has 15 heavy (non-hydrogen) atoms. The number of anilines is 1. The normalized spacial score (nSPS) is 18.6. The predicted octanol–water partition coefficient (Wildman–Crippen LogP) is 4.22.